The van der Waals surface area contributed by atoms with E-state index in [0.717, 1.165) is 49.7 Å². The highest BCUT2D eigenvalue weighted by atomic mass is 19.1. The number of hydrogen-bond donors (Lipinski definition) is 1. The molecule has 1 fully saturated rings. The summed E-state index contributed by atoms with van der Waals surface area (Å²) in [6, 6.07) is 14.2. The second-order valence-corrected chi connectivity index (χ2v) is 6.71. The van der Waals surface area contributed by atoms with Gasteiger partial charge in [-0.3, -0.25) is 9.69 Å². The molecule has 1 amide bonds. The molecule has 2 aromatic carbocycles. The molecule has 3 rings (SSSR count). The standard InChI is InChI=1S/C22H26FN3O2/c1-28-21-4-2-3-18(17-21)5-10-22(27)24-11-12-25-13-15-26(16-14-25)20-8-6-19(23)7-9-20/h2-10,17H,11-16H2,1H3,(H,24,27). The second kappa shape index (κ2) is 9.90. The van der Waals surface area contributed by atoms with E-state index < -0.39 is 0 Å². The fourth-order valence-electron chi connectivity index (χ4n) is 3.19. The number of piperazine rings is 1. The smallest absolute Gasteiger partial charge is 0.244 e. The number of rotatable bonds is 7. The highest BCUT2D eigenvalue weighted by Gasteiger charge is 2.16. The van der Waals surface area contributed by atoms with Crippen LogP contribution in [0.5, 0.6) is 5.75 Å². The summed E-state index contributed by atoms with van der Waals surface area (Å²) in [4.78, 5) is 16.6. The van der Waals surface area contributed by atoms with Crippen molar-refractivity contribution in [2.75, 3.05) is 51.3 Å². The van der Waals surface area contributed by atoms with Crippen LogP contribution < -0.4 is 15.0 Å². The number of nitrogens with zero attached hydrogens (tertiary/aromatic N) is 2. The summed E-state index contributed by atoms with van der Waals surface area (Å²) in [6.45, 7) is 5.07. The zero-order chi connectivity index (χ0) is 19.8. The third-order valence-corrected chi connectivity index (χ3v) is 4.81. The highest BCUT2D eigenvalue weighted by molar-refractivity contribution is 5.91. The lowest BCUT2D eigenvalue weighted by Gasteiger charge is -2.36. The maximum Gasteiger partial charge on any atom is 0.244 e. The summed E-state index contributed by atoms with van der Waals surface area (Å²) >= 11 is 0. The number of halogens is 1. The van der Waals surface area contributed by atoms with E-state index in [1.54, 1.807) is 19.3 Å². The van der Waals surface area contributed by atoms with Crippen LogP contribution in [0.4, 0.5) is 10.1 Å². The Balaban J connectivity index is 1.36. The van der Waals surface area contributed by atoms with E-state index in [1.807, 2.05) is 36.4 Å². The summed E-state index contributed by atoms with van der Waals surface area (Å²) < 4.78 is 18.2. The summed E-state index contributed by atoms with van der Waals surface area (Å²) in [5, 5.41) is 2.92. The molecule has 1 N–H and O–H groups in total. The predicted octanol–water partition coefficient (Wildman–Crippen LogP) is 2.79. The van der Waals surface area contributed by atoms with Gasteiger partial charge in [-0.05, 0) is 48.0 Å². The van der Waals surface area contributed by atoms with Gasteiger partial charge in [0.1, 0.15) is 11.6 Å². The molecular weight excluding hydrogens is 357 g/mol. The van der Waals surface area contributed by atoms with Crippen LogP contribution in [0.1, 0.15) is 5.56 Å². The molecule has 28 heavy (non-hydrogen) atoms. The average molecular weight is 383 g/mol. The minimum Gasteiger partial charge on any atom is -0.497 e. The predicted molar refractivity (Wildman–Crippen MR) is 110 cm³/mol. The largest absolute Gasteiger partial charge is 0.497 e. The number of nitrogens with one attached hydrogen (secondary N) is 1. The first-order valence-corrected chi connectivity index (χ1v) is 9.47. The van der Waals surface area contributed by atoms with Crippen LogP contribution >= 0.6 is 0 Å². The summed E-state index contributed by atoms with van der Waals surface area (Å²) in [5.74, 6) is 0.452. The van der Waals surface area contributed by atoms with Crippen molar-refractivity contribution >= 4 is 17.7 Å². The zero-order valence-corrected chi connectivity index (χ0v) is 16.1. The van der Waals surface area contributed by atoms with Crippen molar-refractivity contribution in [3.63, 3.8) is 0 Å². The van der Waals surface area contributed by atoms with Crippen LogP contribution in [0.3, 0.4) is 0 Å². The van der Waals surface area contributed by atoms with Crippen molar-refractivity contribution in [1.82, 2.24) is 10.2 Å². The zero-order valence-electron chi connectivity index (χ0n) is 16.1. The highest BCUT2D eigenvalue weighted by Crippen LogP contribution is 2.16. The number of anilines is 1. The van der Waals surface area contributed by atoms with Crippen molar-refractivity contribution < 1.29 is 13.9 Å². The molecule has 0 aliphatic carbocycles. The number of ether oxygens (including phenoxy) is 1. The van der Waals surface area contributed by atoms with Gasteiger partial charge in [-0.2, -0.15) is 0 Å². The summed E-state index contributed by atoms with van der Waals surface area (Å²) in [7, 11) is 1.62. The number of carbonyl (C=O) groups excluding carboxylic acids is 1. The van der Waals surface area contributed by atoms with Crippen LogP contribution in [0.15, 0.2) is 54.6 Å². The van der Waals surface area contributed by atoms with Gasteiger partial charge in [-0.25, -0.2) is 4.39 Å². The Morgan fingerprint density at radius 1 is 1.14 bits per heavy atom. The lowest BCUT2D eigenvalue weighted by Crippen LogP contribution is -2.48. The Bertz CT molecular complexity index is 800. The number of carbonyl (C=O) groups is 1. The van der Waals surface area contributed by atoms with E-state index in [-0.39, 0.29) is 11.7 Å². The molecule has 1 aliphatic rings. The maximum absolute atomic E-state index is 13.0. The molecule has 0 atom stereocenters. The monoisotopic (exact) mass is 383 g/mol. The van der Waals surface area contributed by atoms with Gasteiger partial charge in [0.05, 0.1) is 7.11 Å². The maximum atomic E-state index is 13.0. The molecule has 1 aliphatic heterocycles. The summed E-state index contributed by atoms with van der Waals surface area (Å²) in [5.41, 5.74) is 1.98. The van der Waals surface area contributed by atoms with Gasteiger partial charge in [-0.15, -0.1) is 0 Å². The van der Waals surface area contributed by atoms with Crippen molar-refractivity contribution in [1.29, 1.82) is 0 Å². The van der Waals surface area contributed by atoms with Gasteiger partial charge >= 0.3 is 0 Å². The third kappa shape index (κ3) is 5.82. The van der Waals surface area contributed by atoms with E-state index in [0.29, 0.717) is 6.54 Å². The Hall–Kier alpha value is -2.86. The molecule has 5 nitrogen and oxygen atoms in total. The Morgan fingerprint density at radius 3 is 2.61 bits per heavy atom. The van der Waals surface area contributed by atoms with Crippen LogP contribution in [0, 0.1) is 5.82 Å². The second-order valence-electron chi connectivity index (χ2n) is 6.71. The van der Waals surface area contributed by atoms with Crippen molar-refractivity contribution in [3.05, 3.63) is 66.0 Å². The molecule has 0 aromatic heterocycles. The lowest BCUT2D eigenvalue weighted by atomic mass is 10.2. The molecule has 1 heterocycles. The molecule has 0 radical (unpaired) electrons. The molecule has 1 saturated heterocycles. The van der Waals surface area contributed by atoms with E-state index >= 15 is 0 Å². The molecule has 6 heteroatoms. The number of hydrogen-bond acceptors (Lipinski definition) is 4. The third-order valence-electron chi connectivity index (χ3n) is 4.81. The van der Waals surface area contributed by atoms with E-state index in [2.05, 4.69) is 15.1 Å². The number of benzene rings is 2. The normalized spacial score (nSPS) is 15.0. The first kappa shape index (κ1) is 19.9. The number of amides is 1. The van der Waals surface area contributed by atoms with Crippen molar-refractivity contribution in [2.24, 2.45) is 0 Å². The van der Waals surface area contributed by atoms with Crippen molar-refractivity contribution in [3.8, 4) is 5.75 Å². The van der Waals surface area contributed by atoms with Gasteiger partial charge in [0.25, 0.3) is 0 Å². The molecular formula is C22H26FN3O2. The Labute approximate surface area is 165 Å². The molecule has 148 valence electrons. The van der Waals surface area contributed by atoms with Crippen LogP contribution in [-0.2, 0) is 4.79 Å². The average Bonchev–Trinajstić information content (AvgIpc) is 2.73. The van der Waals surface area contributed by atoms with Gasteiger partial charge in [0, 0.05) is 51.0 Å². The molecule has 0 bridgehead atoms. The first-order chi connectivity index (χ1) is 13.6. The van der Waals surface area contributed by atoms with Crippen molar-refractivity contribution in [2.45, 2.75) is 0 Å². The SMILES string of the molecule is COc1cccc(C=CC(=O)NCCN2CCN(c3ccc(F)cc3)CC2)c1. The quantitative estimate of drug-likeness (QED) is 0.747. The molecule has 0 unspecified atom stereocenters. The van der Waals surface area contributed by atoms with Gasteiger partial charge in [0.15, 0.2) is 0 Å². The Kier molecular flexibility index (Phi) is 7.03. The fourth-order valence-corrected chi connectivity index (χ4v) is 3.19. The molecule has 0 saturated carbocycles. The van der Waals surface area contributed by atoms with Crippen LogP contribution in [0.2, 0.25) is 0 Å². The minimum absolute atomic E-state index is 0.104. The fraction of sp³-hybridized carbons (Fsp3) is 0.318. The number of methoxy groups -OCH3 is 1. The van der Waals surface area contributed by atoms with E-state index in [1.165, 1.54) is 12.1 Å². The van der Waals surface area contributed by atoms with Crippen LogP contribution in [-0.4, -0.2) is 57.2 Å². The first-order valence-electron chi connectivity index (χ1n) is 9.47. The van der Waals surface area contributed by atoms with E-state index in [4.69, 9.17) is 4.74 Å². The lowest BCUT2D eigenvalue weighted by molar-refractivity contribution is -0.116. The molecule has 2 aromatic rings. The van der Waals surface area contributed by atoms with E-state index in [9.17, 15) is 9.18 Å². The van der Waals surface area contributed by atoms with Gasteiger partial charge in [0.2, 0.25) is 5.91 Å². The molecule has 0 spiro atoms. The van der Waals surface area contributed by atoms with Crippen LogP contribution in [0.25, 0.3) is 6.08 Å². The van der Waals surface area contributed by atoms with Gasteiger partial charge < -0.3 is 15.0 Å². The van der Waals surface area contributed by atoms with Gasteiger partial charge in [-0.1, -0.05) is 12.1 Å². The summed E-state index contributed by atoms with van der Waals surface area (Å²) in [6.07, 6.45) is 3.32. The Morgan fingerprint density at radius 2 is 1.89 bits per heavy atom. The topological polar surface area (TPSA) is 44.8 Å². The minimum atomic E-state index is -0.210.